The van der Waals surface area contributed by atoms with E-state index in [0.717, 1.165) is 16.7 Å². The summed E-state index contributed by atoms with van der Waals surface area (Å²) in [5, 5.41) is 1.15. The first-order valence-corrected chi connectivity index (χ1v) is 4.31. The van der Waals surface area contributed by atoms with E-state index in [1.54, 1.807) is 6.20 Å². The first-order valence-electron chi connectivity index (χ1n) is 3.78. The fourth-order valence-corrected chi connectivity index (χ4v) is 1.60. The molecule has 0 bridgehead atoms. The summed E-state index contributed by atoms with van der Waals surface area (Å²) in [4.78, 5) is 4.25. The number of aromatic nitrogens is 2. The summed E-state index contributed by atoms with van der Waals surface area (Å²) in [6.07, 6.45) is 1.79. The normalized spacial score (nSPS) is 10.8. The molecule has 0 unspecified atom stereocenters. The maximum absolute atomic E-state index is 5.76. The van der Waals surface area contributed by atoms with Gasteiger partial charge in [-0.2, -0.15) is 0 Å². The Kier molecular flexibility index (Phi) is 1.77. The molecular formula is C9H9ClN2. The van der Waals surface area contributed by atoms with Crippen LogP contribution >= 0.6 is 11.6 Å². The van der Waals surface area contributed by atoms with Crippen molar-refractivity contribution in [1.29, 1.82) is 0 Å². The topological polar surface area (TPSA) is 17.8 Å². The Balaban J connectivity index is 2.78. The number of aryl methyl sites for hydroxylation is 1. The van der Waals surface area contributed by atoms with E-state index in [0.29, 0.717) is 5.88 Å². The maximum atomic E-state index is 5.76. The van der Waals surface area contributed by atoms with Crippen LogP contribution in [0.5, 0.6) is 0 Å². The van der Waals surface area contributed by atoms with Crippen LogP contribution in [0.2, 0.25) is 0 Å². The fourth-order valence-electron chi connectivity index (χ4n) is 1.34. The Morgan fingerprint density at radius 1 is 1.58 bits per heavy atom. The first-order chi connectivity index (χ1) is 5.83. The Hall–Kier alpha value is -1.02. The monoisotopic (exact) mass is 180 g/mol. The van der Waals surface area contributed by atoms with Gasteiger partial charge in [0.05, 0.1) is 5.88 Å². The van der Waals surface area contributed by atoms with Gasteiger partial charge in [0.25, 0.3) is 0 Å². The van der Waals surface area contributed by atoms with Gasteiger partial charge in [-0.05, 0) is 18.2 Å². The quantitative estimate of drug-likeness (QED) is 0.616. The van der Waals surface area contributed by atoms with Crippen molar-refractivity contribution in [2.75, 3.05) is 0 Å². The van der Waals surface area contributed by atoms with E-state index in [2.05, 4.69) is 11.1 Å². The summed E-state index contributed by atoms with van der Waals surface area (Å²) in [6.45, 7) is 0. The third-order valence-corrected chi connectivity index (χ3v) is 2.30. The number of hydrogen-bond donors (Lipinski definition) is 0. The molecule has 2 nitrogen and oxygen atoms in total. The van der Waals surface area contributed by atoms with E-state index in [1.807, 2.05) is 23.7 Å². The predicted octanol–water partition coefficient (Wildman–Crippen LogP) is 2.31. The molecule has 62 valence electrons. The third kappa shape index (κ3) is 0.994. The second-order valence-electron chi connectivity index (χ2n) is 2.74. The molecule has 0 aromatic carbocycles. The molecule has 0 aliphatic carbocycles. The molecule has 0 atom stereocenters. The summed E-state index contributed by atoms with van der Waals surface area (Å²) < 4.78 is 2.02. The zero-order chi connectivity index (χ0) is 8.55. The van der Waals surface area contributed by atoms with E-state index in [4.69, 9.17) is 11.6 Å². The second kappa shape index (κ2) is 2.79. The Bertz CT molecular complexity index is 406. The number of alkyl halides is 1. The van der Waals surface area contributed by atoms with Crippen LogP contribution in [0.25, 0.3) is 11.0 Å². The zero-order valence-electron chi connectivity index (χ0n) is 6.79. The van der Waals surface area contributed by atoms with Gasteiger partial charge in [-0.25, -0.2) is 4.98 Å². The molecule has 2 aromatic heterocycles. The van der Waals surface area contributed by atoms with Crippen molar-refractivity contribution in [1.82, 2.24) is 9.55 Å². The van der Waals surface area contributed by atoms with Crippen molar-refractivity contribution >= 4 is 22.6 Å². The molecule has 0 aliphatic heterocycles. The molecule has 2 aromatic rings. The molecule has 3 heteroatoms. The van der Waals surface area contributed by atoms with Gasteiger partial charge in [0.2, 0.25) is 0 Å². The van der Waals surface area contributed by atoms with Crippen molar-refractivity contribution in [3.05, 3.63) is 30.1 Å². The SMILES string of the molecule is Cn1c(CCl)cc2cccnc21. The van der Waals surface area contributed by atoms with E-state index in [1.165, 1.54) is 0 Å². The summed E-state index contributed by atoms with van der Waals surface area (Å²) in [6, 6.07) is 6.04. The summed E-state index contributed by atoms with van der Waals surface area (Å²) in [5.74, 6) is 0.535. The Morgan fingerprint density at radius 3 is 3.08 bits per heavy atom. The molecule has 2 heterocycles. The number of nitrogens with zero attached hydrogens (tertiary/aromatic N) is 2. The van der Waals surface area contributed by atoms with Crippen LogP contribution in [0.3, 0.4) is 0 Å². The number of pyridine rings is 1. The average molecular weight is 181 g/mol. The maximum Gasteiger partial charge on any atom is 0.139 e. The van der Waals surface area contributed by atoms with Gasteiger partial charge in [0.15, 0.2) is 0 Å². The lowest BCUT2D eigenvalue weighted by Crippen LogP contribution is -1.93. The van der Waals surface area contributed by atoms with Crippen LogP contribution in [-0.2, 0) is 12.9 Å². The number of rotatable bonds is 1. The van der Waals surface area contributed by atoms with Crippen molar-refractivity contribution in [2.24, 2.45) is 7.05 Å². The summed E-state index contributed by atoms with van der Waals surface area (Å²) in [7, 11) is 1.98. The highest BCUT2D eigenvalue weighted by molar-refractivity contribution is 6.17. The number of hydrogen-bond acceptors (Lipinski definition) is 1. The van der Waals surface area contributed by atoms with Crippen LogP contribution in [0.1, 0.15) is 5.69 Å². The molecule has 0 N–H and O–H groups in total. The molecule has 0 radical (unpaired) electrons. The van der Waals surface area contributed by atoms with Gasteiger partial charge in [-0.15, -0.1) is 11.6 Å². The minimum Gasteiger partial charge on any atom is -0.331 e. The van der Waals surface area contributed by atoms with Crippen molar-refractivity contribution in [3.63, 3.8) is 0 Å². The highest BCUT2D eigenvalue weighted by Crippen LogP contribution is 2.16. The van der Waals surface area contributed by atoms with Gasteiger partial charge in [0, 0.05) is 24.3 Å². The van der Waals surface area contributed by atoms with Crippen molar-refractivity contribution in [2.45, 2.75) is 5.88 Å². The minimum absolute atomic E-state index is 0.535. The van der Waals surface area contributed by atoms with Crippen molar-refractivity contribution < 1.29 is 0 Å². The van der Waals surface area contributed by atoms with E-state index in [-0.39, 0.29) is 0 Å². The van der Waals surface area contributed by atoms with Crippen LogP contribution in [0.4, 0.5) is 0 Å². The molecule has 2 rings (SSSR count). The van der Waals surface area contributed by atoms with Crippen LogP contribution in [0.15, 0.2) is 24.4 Å². The van der Waals surface area contributed by atoms with E-state index < -0.39 is 0 Å². The van der Waals surface area contributed by atoms with Crippen LogP contribution in [-0.4, -0.2) is 9.55 Å². The smallest absolute Gasteiger partial charge is 0.139 e. The van der Waals surface area contributed by atoms with E-state index >= 15 is 0 Å². The summed E-state index contributed by atoms with van der Waals surface area (Å²) in [5.41, 5.74) is 2.10. The highest BCUT2D eigenvalue weighted by atomic mass is 35.5. The number of fused-ring (bicyclic) bond motifs is 1. The lowest BCUT2D eigenvalue weighted by atomic mass is 10.3. The molecule has 0 fully saturated rings. The standard InChI is InChI=1S/C9H9ClN2/c1-12-8(6-10)5-7-3-2-4-11-9(7)12/h2-5H,6H2,1H3. The molecule has 0 amide bonds. The minimum atomic E-state index is 0.535. The van der Waals surface area contributed by atoms with E-state index in [9.17, 15) is 0 Å². The molecule has 12 heavy (non-hydrogen) atoms. The summed E-state index contributed by atoms with van der Waals surface area (Å²) >= 11 is 5.76. The molecule has 0 spiro atoms. The fraction of sp³-hybridized carbons (Fsp3) is 0.222. The van der Waals surface area contributed by atoms with Gasteiger partial charge in [-0.3, -0.25) is 0 Å². The van der Waals surface area contributed by atoms with Crippen LogP contribution in [0, 0.1) is 0 Å². The predicted molar refractivity (Wildman–Crippen MR) is 50.3 cm³/mol. The Labute approximate surface area is 75.8 Å². The van der Waals surface area contributed by atoms with Gasteiger partial charge < -0.3 is 4.57 Å². The van der Waals surface area contributed by atoms with Gasteiger partial charge >= 0.3 is 0 Å². The largest absolute Gasteiger partial charge is 0.331 e. The molecule has 0 saturated heterocycles. The number of halogens is 1. The first kappa shape index (κ1) is 7.62. The van der Waals surface area contributed by atoms with Crippen molar-refractivity contribution in [3.8, 4) is 0 Å². The third-order valence-electron chi connectivity index (χ3n) is 2.02. The molecular weight excluding hydrogens is 172 g/mol. The molecule has 0 saturated carbocycles. The molecule has 0 aliphatic rings. The Morgan fingerprint density at radius 2 is 2.42 bits per heavy atom. The lowest BCUT2D eigenvalue weighted by molar-refractivity contribution is 0.892. The average Bonchev–Trinajstić information content (AvgIpc) is 2.44. The zero-order valence-corrected chi connectivity index (χ0v) is 7.54. The van der Waals surface area contributed by atoms with Gasteiger partial charge in [-0.1, -0.05) is 0 Å². The van der Waals surface area contributed by atoms with Gasteiger partial charge in [0.1, 0.15) is 5.65 Å². The van der Waals surface area contributed by atoms with Crippen LogP contribution < -0.4 is 0 Å². The highest BCUT2D eigenvalue weighted by Gasteiger charge is 2.03. The second-order valence-corrected chi connectivity index (χ2v) is 3.01. The lowest BCUT2D eigenvalue weighted by Gasteiger charge is -1.97.